The molecule has 6 heteroatoms. The quantitative estimate of drug-likeness (QED) is 0.779. The molecular formula is C17H17N3O3. The average Bonchev–Trinajstić information content (AvgIpc) is 2.61. The van der Waals surface area contributed by atoms with E-state index in [4.69, 9.17) is 14.2 Å². The second kappa shape index (κ2) is 6.39. The summed E-state index contributed by atoms with van der Waals surface area (Å²) >= 11 is 0. The third-order valence-corrected chi connectivity index (χ3v) is 3.50. The summed E-state index contributed by atoms with van der Waals surface area (Å²) in [4.78, 5) is 8.63. The standard InChI is InChI=1S/C17H17N3O3/c1-21-14-7-5-4-6-12(14)20-17-11-8-15(22-2)16(23-3)9-13(11)18-10-19-17/h4-10H,1-3H3,(H,18,19,20). The summed E-state index contributed by atoms with van der Waals surface area (Å²) in [5.41, 5.74) is 1.58. The fraction of sp³-hybridized carbons (Fsp3) is 0.176. The first kappa shape index (κ1) is 14.9. The highest BCUT2D eigenvalue weighted by Crippen LogP contribution is 2.35. The summed E-state index contributed by atoms with van der Waals surface area (Å²) in [6.07, 6.45) is 1.51. The van der Waals surface area contributed by atoms with Crippen LogP contribution in [0.4, 0.5) is 11.5 Å². The number of anilines is 2. The minimum Gasteiger partial charge on any atom is -0.495 e. The van der Waals surface area contributed by atoms with E-state index < -0.39 is 0 Å². The van der Waals surface area contributed by atoms with Gasteiger partial charge in [0.2, 0.25) is 0 Å². The molecule has 0 radical (unpaired) electrons. The fourth-order valence-electron chi connectivity index (χ4n) is 2.36. The van der Waals surface area contributed by atoms with Gasteiger partial charge in [-0.1, -0.05) is 12.1 Å². The zero-order valence-electron chi connectivity index (χ0n) is 13.2. The van der Waals surface area contributed by atoms with Crippen LogP contribution in [0.25, 0.3) is 10.9 Å². The topological polar surface area (TPSA) is 65.5 Å². The van der Waals surface area contributed by atoms with E-state index in [0.717, 1.165) is 22.3 Å². The first-order valence-corrected chi connectivity index (χ1v) is 7.03. The molecule has 0 unspecified atom stereocenters. The van der Waals surface area contributed by atoms with Gasteiger partial charge in [0.15, 0.2) is 11.5 Å². The maximum Gasteiger partial charge on any atom is 0.162 e. The molecule has 0 aliphatic heterocycles. The smallest absolute Gasteiger partial charge is 0.162 e. The molecule has 2 aromatic carbocycles. The molecule has 23 heavy (non-hydrogen) atoms. The van der Waals surface area contributed by atoms with Gasteiger partial charge in [0, 0.05) is 11.5 Å². The molecule has 3 rings (SSSR count). The normalized spacial score (nSPS) is 10.4. The SMILES string of the molecule is COc1ccccc1Nc1ncnc2cc(OC)c(OC)cc12. The molecular weight excluding hydrogens is 294 g/mol. The van der Waals surface area contributed by atoms with Crippen LogP contribution in [0.15, 0.2) is 42.7 Å². The van der Waals surface area contributed by atoms with Crippen molar-refractivity contribution in [3.05, 3.63) is 42.7 Å². The van der Waals surface area contributed by atoms with Crippen molar-refractivity contribution in [3.8, 4) is 17.2 Å². The number of hydrogen-bond acceptors (Lipinski definition) is 6. The Labute approximate surface area is 134 Å². The van der Waals surface area contributed by atoms with Gasteiger partial charge in [-0.15, -0.1) is 0 Å². The molecule has 0 fully saturated rings. The Morgan fingerprint density at radius 1 is 0.826 bits per heavy atom. The number of aromatic nitrogens is 2. The molecule has 0 saturated carbocycles. The van der Waals surface area contributed by atoms with Crippen LogP contribution in [0, 0.1) is 0 Å². The van der Waals surface area contributed by atoms with Crippen LogP contribution in [-0.4, -0.2) is 31.3 Å². The number of hydrogen-bond donors (Lipinski definition) is 1. The van der Waals surface area contributed by atoms with E-state index in [1.807, 2.05) is 36.4 Å². The van der Waals surface area contributed by atoms with Crippen LogP contribution in [0.2, 0.25) is 0 Å². The van der Waals surface area contributed by atoms with E-state index in [0.29, 0.717) is 17.3 Å². The van der Waals surface area contributed by atoms with E-state index in [1.54, 1.807) is 21.3 Å². The van der Waals surface area contributed by atoms with Crippen molar-refractivity contribution in [2.75, 3.05) is 26.6 Å². The van der Waals surface area contributed by atoms with E-state index in [-0.39, 0.29) is 0 Å². The number of rotatable bonds is 5. The summed E-state index contributed by atoms with van der Waals surface area (Å²) in [6.45, 7) is 0. The van der Waals surface area contributed by atoms with E-state index in [9.17, 15) is 0 Å². The average molecular weight is 311 g/mol. The van der Waals surface area contributed by atoms with Crippen LogP contribution in [0.3, 0.4) is 0 Å². The Kier molecular flexibility index (Phi) is 4.14. The van der Waals surface area contributed by atoms with Gasteiger partial charge in [0.25, 0.3) is 0 Å². The van der Waals surface area contributed by atoms with Gasteiger partial charge in [0.05, 0.1) is 32.5 Å². The number of methoxy groups -OCH3 is 3. The van der Waals surface area contributed by atoms with Gasteiger partial charge in [0.1, 0.15) is 17.9 Å². The number of ether oxygens (including phenoxy) is 3. The second-order valence-corrected chi connectivity index (χ2v) is 4.77. The molecule has 1 heterocycles. The second-order valence-electron chi connectivity index (χ2n) is 4.77. The Hall–Kier alpha value is -3.02. The van der Waals surface area contributed by atoms with Crippen molar-refractivity contribution in [3.63, 3.8) is 0 Å². The maximum absolute atomic E-state index is 5.36. The fourth-order valence-corrected chi connectivity index (χ4v) is 2.36. The number of nitrogens with one attached hydrogen (secondary N) is 1. The van der Waals surface area contributed by atoms with Crippen molar-refractivity contribution in [1.29, 1.82) is 0 Å². The lowest BCUT2D eigenvalue weighted by Gasteiger charge is -2.13. The molecule has 0 aliphatic carbocycles. The van der Waals surface area contributed by atoms with Crippen LogP contribution < -0.4 is 19.5 Å². The molecule has 3 aromatic rings. The molecule has 1 N–H and O–H groups in total. The number of nitrogens with zero attached hydrogens (tertiary/aromatic N) is 2. The monoisotopic (exact) mass is 311 g/mol. The molecule has 0 spiro atoms. The summed E-state index contributed by atoms with van der Waals surface area (Å²) < 4.78 is 16.0. The number of para-hydroxylation sites is 2. The van der Waals surface area contributed by atoms with Gasteiger partial charge in [-0.25, -0.2) is 9.97 Å². The highest BCUT2D eigenvalue weighted by atomic mass is 16.5. The Morgan fingerprint density at radius 2 is 1.52 bits per heavy atom. The summed E-state index contributed by atoms with van der Waals surface area (Å²) in [7, 11) is 4.83. The Morgan fingerprint density at radius 3 is 2.26 bits per heavy atom. The third-order valence-electron chi connectivity index (χ3n) is 3.50. The van der Waals surface area contributed by atoms with Crippen molar-refractivity contribution in [2.45, 2.75) is 0 Å². The van der Waals surface area contributed by atoms with E-state index in [2.05, 4.69) is 15.3 Å². The summed E-state index contributed by atoms with van der Waals surface area (Å²) in [5.74, 6) is 2.65. The van der Waals surface area contributed by atoms with Crippen LogP contribution in [-0.2, 0) is 0 Å². The summed E-state index contributed by atoms with van der Waals surface area (Å²) in [5, 5.41) is 4.11. The van der Waals surface area contributed by atoms with Crippen LogP contribution in [0.5, 0.6) is 17.2 Å². The first-order chi connectivity index (χ1) is 11.3. The predicted molar refractivity (Wildman–Crippen MR) is 88.9 cm³/mol. The van der Waals surface area contributed by atoms with Crippen molar-refractivity contribution in [1.82, 2.24) is 9.97 Å². The minimum absolute atomic E-state index is 0.623. The van der Waals surface area contributed by atoms with Crippen molar-refractivity contribution in [2.24, 2.45) is 0 Å². The van der Waals surface area contributed by atoms with Crippen molar-refractivity contribution >= 4 is 22.4 Å². The zero-order chi connectivity index (χ0) is 16.2. The molecule has 0 saturated heterocycles. The third kappa shape index (κ3) is 2.83. The predicted octanol–water partition coefficient (Wildman–Crippen LogP) is 3.40. The van der Waals surface area contributed by atoms with Crippen molar-refractivity contribution < 1.29 is 14.2 Å². The maximum atomic E-state index is 5.36. The van der Waals surface area contributed by atoms with Crippen LogP contribution in [0.1, 0.15) is 0 Å². The molecule has 1 aromatic heterocycles. The van der Waals surface area contributed by atoms with Gasteiger partial charge < -0.3 is 19.5 Å². The molecule has 0 bridgehead atoms. The largest absolute Gasteiger partial charge is 0.495 e. The molecule has 0 atom stereocenters. The lowest BCUT2D eigenvalue weighted by Crippen LogP contribution is -1.99. The van der Waals surface area contributed by atoms with Gasteiger partial charge in [-0.05, 0) is 18.2 Å². The van der Waals surface area contributed by atoms with Gasteiger partial charge >= 0.3 is 0 Å². The highest BCUT2D eigenvalue weighted by molar-refractivity contribution is 5.93. The van der Waals surface area contributed by atoms with Gasteiger partial charge in [-0.2, -0.15) is 0 Å². The Balaban J connectivity index is 2.10. The van der Waals surface area contributed by atoms with Gasteiger partial charge in [-0.3, -0.25) is 0 Å². The first-order valence-electron chi connectivity index (χ1n) is 7.03. The lowest BCUT2D eigenvalue weighted by molar-refractivity contribution is 0.356. The van der Waals surface area contributed by atoms with Crippen LogP contribution >= 0.6 is 0 Å². The molecule has 0 aliphatic rings. The van der Waals surface area contributed by atoms with E-state index >= 15 is 0 Å². The minimum atomic E-state index is 0.623. The molecule has 0 amide bonds. The van der Waals surface area contributed by atoms with E-state index in [1.165, 1.54) is 6.33 Å². The molecule has 6 nitrogen and oxygen atoms in total. The highest BCUT2D eigenvalue weighted by Gasteiger charge is 2.12. The number of fused-ring (bicyclic) bond motifs is 1. The zero-order valence-corrected chi connectivity index (χ0v) is 13.2. The lowest BCUT2D eigenvalue weighted by atomic mass is 10.2. The summed E-state index contributed by atoms with van der Waals surface area (Å²) in [6, 6.07) is 11.3. The Bertz CT molecular complexity index is 836. The number of benzene rings is 2. The molecule has 118 valence electrons.